The van der Waals surface area contributed by atoms with Crippen molar-refractivity contribution in [1.29, 1.82) is 0 Å². The van der Waals surface area contributed by atoms with Crippen LogP contribution in [0, 0.1) is 0 Å². The van der Waals surface area contributed by atoms with Gasteiger partial charge in [0.2, 0.25) is 10.0 Å². The van der Waals surface area contributed by atoms with Gasteiger partial charge in [-0.25, -0.2) is 13.1 Å². The normalized spacial score (nSPS) is 18.0. The summed E-state index contributed by atoms with van der Waals surface area (Å²) in [6.45, 7) is 5.08. The molecule has 1 aromatic carbocycles. The van der Waals surface area contributed by atoms with E-state index < -0.39 is 10.0 Å². The minimum Gasteiger partial charge on any atom is -0.398 e. The average Bonchev–Trinajstić information content (AvgIpc) is 2.40. The number of nitrogens with two attached hydrogens (primary N) is 1. The van der Waals surface area contributed by atoms with Crippen molar-refractivity contribution in [3.63, 3.8) is 0 Å². The molecular formula is C14H22ClN3O2S. The number of anilines is 1. The molecule has 0 radical (unpaired) electrons. The first-order chi connectivity index (χ1) is 9.92. The summed E-state index contributed by atoms with van der Waals surface area (Å²) in [7, 11) is -3.59. The average molecular weight is 332 g/mol. The Labute approximate surface area is 131 Å². The van der Waals surface area contributed by atoms with Gasteiger partial charge in [0.25, 0.3) is 0 Å². The van der Waals surface area contributed by atoms with Gasteiger partial charge in [0.1, 0.15) is 4.90 Å². The molecular weight excluding hydrogens is 310 g/mol. The Kier molecular flexibility index (Phi) is 5.48. The number of sulfonamides is 1. The van der Waals surface area contributed by atoms with Gasteiger partial charge in [-0.3, -0.25) is 0 Å². The highest BCUT2D eigenvalue weighted by atomic mass is 35.5. The standard InChI is InChI=1S/C14H22ClN3O2S/c1-2-7-18-8-5-12(6-9-18)17-21(19,20)14-4-3-11(15)10-13(14)16/h3-4,10,12,17H,2,5-9,16H2,1H3. The van der Waals surface area contributed by atoms with Crippen LogP contribution in [0.3, 0.4) is 0 Å². The molecule has 0 saturated carbocycles. The van der Waals surface area contributed by atoms with E-state index in [4.69, 9.17) is 17.3 Å². The van der Waals surface area contributed by atoms with Gasteiger partial charge >= 0.3 is 0 Å². The SMILES string of the molecule is CCCN1CCC(NS(=O)(=O)c2ccc(Cl)cc2N)CC1. The molecule has 0 atom stereocenters. The fourth-order valence-electron chi connectivity index (χ4n) is 2.64. The minimum atomic E-state index is -3.59. The van der Waals surface area contributed by atoms with Crippen molar-refractivity contribution in [2.45, 2.75) is 37.1 Å². The van der Waals surface area contributed by atoms with E-state index in [0.717, 1.165) is 38.9 Å². The number of benzene rings is 1. The van der Waals surface area contributed by atoms with Crippen molar-refractivity contribution in [3.8, 4) is 0 Å². The molecule has 1 fully saturated rings. The smallest absolute Gasteiger partial charge is 0.242 e. The molecule has 0 amide bonds. The molecule has 0 aromatic heterocycles. The van der Waals surface area contributed by atoms with Crippen molar-refractivity contribution in [2.24, 2.45) is 0 Å². The predicted octanol–water partition coefficient (Wildman–Crippen LogP) is 2.07. The zero-order valence-corrected chi connectivity index (χ0v) is 13.8. The third-order valence-electron chi connectivity index (χ3n) is 3.71. The van der Waals surface area contributed by atoms with E-state index in [1.54, 1.807) is 0 Å². The summed E-state index contributed by atoms with van der Waals surface area (Å²) >= 11 is 5.80. The number of nitrogens with zero attached hydrogens (tertiary/aromatic N) is 1. The molecule has 1 heterocycles. The van der Waals surface area contributed by atoms with Gasteiger partial charge in [-0.05, 0) is 57.1 Å². The molecule has 1 aliphatic rings. The topological polar surface area (TPSA) is 75.4 Å². The van der Waals surface area contributed by atoms with Gasteiger partial charge in [-0.1, -0.05) is 18.5 Å². The Morgan fingerprint density at radius 3 is 2.62 bits per heavy atom. The summed E-state index contributed by atoms with van der Waals surface area (Å²) in [5.74, 6) is 0. The van der Waals surface area contributed by atoms with Gasteiger partial charge < -0.3 is 10.6 Å². The van der Waals surface area contributed by atoms with Crippen molar-refractivity contribution in [3.05, 3.63) is 23.2 Å². The molecule has 0 aliphatic carbocycles. The fraction of sp³-hybridized carbons (Fsp3) is 0.571. The maximum Gasteiger partial charge on any atom is 0.242 e. The Hall–Kier alpha value is -0.820. The van der Waals surface area contributed by atoms with Gasteiger partial charge in [0.15, 0.2) is 0 Å². The van der Waals surface area contributed by atoms with E-state index in [2.05, 4.69) is 16.5 Å². The maximum atomic E-state index is 12.4. The third kappa shape index (κ3) is 4.32. The highest BCUT2D eigenvalue weighted by Crippen LogP contribution is 2.23. The summed E-state index contributed by atoms with van der Waals surface area (Å²) in [5.41, 5.74) is 5.94. The highest BCUT2D eigenvalue weighted by Gasteiger charge is 2.25. The van der Waals surface area contributed by atoms with Crippen LogP contribution >= 0.6 is 11.6 Å². The summed E-state index contributed by atoms with van der Waals surface area (Å²) in [6, 6.07) is 4.42. The van der Waals surface area contributed by atoms with Crippen LogP contribution in [0.4, 0.5) is 5.69 Å². The number of likely N-dealkylation sites (tertiary alicyclic amines) is 1. The second-order valence-electron chi connectivity index (χ2n) is 5.42. The van der Waals surface area contributed by atoms with Crippen LogP contribution in [0.1, 0.15) is 26.2 Å². The lowest BCUT2D eigenvalue weighted by atomic mass is 10.1. The second kappa shape index (κ2) is 6.96. The summed E-state index contributed by atoms with van der Waals surface area (Å²) in [5, 5.41) is 0.430. The number of hydrogen-bond acceptors (Lipinski definition) is 4. The molecule has 0 unspecified atom stereocenters. The second-order valence-corrected chi connectivity index (χ2v) is 7.54. The molecule has 5 nitrogen and oxygen atoms in total. The van der Waals surface area contributed by atoms with Crippen LogP contribution in [0.15, 0.2) is 23.1 Å². The lowest BCUT2D eigenvalue weighted by Crippen LogP contribution is -2.44. The van der Waals surface area contributed by atoms with E-state index in [0.29, 0.717) is 5.02 Å². The monoisotopic (exact) mass is 331 g/mol. The first-order valence-electron chi connectivity index (χ1n) is 7.22. The highest BCUT2D eigenvalue weighted by molar-refractivity contribution is 7.89. The molecule has 1 aromatic rings. The molecule has 2 rings (SSSR count). The number of nitrogens with one attached hydrogen (secondary N) is 1. The van der Waals surface area contributed by atoms with E-state index >= 15 is 0 Å². The number of rotatable bonds is 5. The van der Waals surface area contributed by atoms with Gasteiger partial charge in [0, 0.05) is 11.1 Å². The zero-order valence-electron chi connectivity index (χ0n) is 12.2. The first kappa shape index (κ1) is 16.5. The quantitative estimate of drug-likeness (QED) is 0.810. The molecule has 7 heteroatoms. The van der Waals surface area contributed by atoms with Crippen molar-refractivity contribution < 1.29 is 8.42 Å². The number of hydrogen-bond donors (Lipinski definition) is 2. The third-order valence-corrected chi connectivity index (χ3v) is 5.54. The molecule has 118 valence electrons. The maximum absolute atomic E-state index is 12.4. The Bertz CT molecular complexity index is 584. The molecule has 3 N–H and O–H groups in total. The zero-order chi connectivity index (χ0) is 15.5. The van der Waals surface area contributed by atoms with Crippen LogP contribution in [0.2, 0.25) is 5.02 Å². The Morgan fingerprint density at radius 2 is 2.05 bits per heavy atom. The molecule has 21 heavy (non-hydrogen) atoms. The van der Waals surface area contributed by atoms with Crippen molar-refractivity contribution in [1.82, 2.24) is 9.62 Å². The van der Waals surface area contributed by atoms with Gasteiger partial charge in [0.05, 0.1) is 5.69 Å². The summed E-state index contributed by atoms with van der Waals surface area (Å²) in [6.07, 6.45) is 2.77. The van der Waals surface area contributed by atoms with Crippen LogP contribution in [-0.4, -0.2) is 39.0 Å². The van der Waals surface area contributed by atoms with Crippen molar-refractivity contribution in [2.75, 3.05) is 25.4 Å². The van der Waals surface area contributed by atoms with E-state index in [1.807, 2.05) is 0 Å². The number of halogens is 1. The number of nitrogen functional groups attached to an aromatic ring is 1. The minimum absolute atomic E-state index is 0.0295. The Morgan fingerprint density at radius 1 is 1.38 bits per heavy atom. The summed E-state index contributed by atoms with van der Waals surface area (Å²) in [4.78, 5) is 2.46. The van der Waals surface area contributed by atoms with Crippen LogP contribution in [0.25, 0.3) is 0 Å². The summed E-state index contributed by atoms with van der Waals surface area (Å²) < 4.78 is 27.5. The molecule has 0 spiro atoms. The first-order valence-corrected chi connectivity index (χ1v) is 9.08. The van der Waals surface area contributed by atoms with Crippen LogP contribution < -0.4 is 10.5 Å². The van der Waals surface area contributed by atoms with E-state index in [1.165, 1.54) is 18.2 Å². The fourth-order valence-corrected chi connectivity index (χ4v) is 4.24. The van der Waals surface area contributed by atoms with E-state index in [9.17, 15) is 8.42 Å². The van der Waals surface area contributed by atoms with Crippen LogP contribution in [0.5, 0.6) is 0 Å². The largest absolute Gasteiger partial charge is 0.398 e. The molecule has 0 bridgehead atoms. The van der Waals surface area contributed by atoms with E-state index in [-0.39, 0.29) is 16.6 Å². The van der Waals surface area contributed by atoms with Crippen LogP contribution in [-0.2, 0) is 10.0 Å². The van der Waals surface area contributed by atoms with Gasteiger partial charge in [-0.15, -0.1) is 0 Å². The number of piperidine rings is 1. The lowest BCUT2D eigenvalue weighted by Gasteiger charge is -2.31. The lowest BCUT2D eigenvalue weighted by molar-refractivity contribution is 0.208. The molecule has 1 aliphatic heterocycles. The molecule has 1 saturated heterocycles. The predicted molar refractivity (Wildman–Crippen MR) is 85.9 cm³/mol. The van der Waals surface area contributed by atoms with Crippen molar-refractivity contribution >= 4 is 27.3 Å². The Balaban J connectivity index is 2.02. The van der Waals surface area contributed by atoms with Gasteiger partial charge in [-0.2, -0.15) is 0 Å².